The Morgan fingerprint density at radius 2 is 1.83 bits per heavy atom. The van der Waals surface area contributed by atoms with Gasteiger partial charge in [0.1, 0.15) is 0 Å². The van der Waals surface area contributed by atoms with E-state index in [0.717, 1.165) is 0 Å². The number of aliphatic hydroxyl groups excluding tert-OH is 1. The summed E-state index contributed by atoms with van der Waals surface area (Å²) in [5, 5.41) is 8.57. The number of hydrogen-bond acceptors (Lipinski definition) is 2. The van der Waals surface area contributed by atoms with Crippen molar-refractivity contribution in [3.05, 3.63) is 11.9 Å². The van der Waals surface area contributed by atoms with Gasteiger partial charge >= 0.3 is 6.08 Å². The number of thiocarbonyl (C=S) groups is 1. The summed E-state index contributed by atoms with van der Waals surface area (Å²) in [4.78, 5) is -0.0481. The van der Waals surface area contributed by atoms with Crippen LogP contribution in [0, 0.1) is 0 Å². The van der Waals surface area contributed by atoms with E-state index < -0.39 is 23.9 Å². The average Bonchev–Trinajstić information content (AvgIpc) is 1.98. The smallest absolute Gasteiger partial charge is 0.301 e. The van der Waals surface area contributed by atoms with Crippen molar-refractivity contribution in [3.8, 4) is 0 Å². The Morgan fingerprint density at radius 3 is 2.17 bits per heavy atom. The maximum absolute atomic E-state index is 12.1. The zero-order valence-corrected chi connectivity index (χ0v) is 7.43. The monoisotopic (exact) mass is 218 g/mol. The molecule has 6 heteroatoms. The fourth-order valence-corrected chi connectivity index (χ4v) is 0.658. The molecule has 0 radical (unpaired) electrons. The molecule has 0 saturated heterocycles. The molecular formula is C6H6ClF3OS. The molecule has 1 atom stereocenters. The van der Waals surface area contributed by atoms with Crippen molar-refractivity contribution in [1.82, 2.24) is 0 Å². The lowest BCUT2D eigenvalue weighted by atomic mass is 10.2. The highest BCUT2D eigenvalue weighted by Gasteiger charge is 2.10. The minimum Gasteiger partial charge on any atom is -0.373 e. The zero-order chi connectivity index (χ0) is 9.72. The van der Waals surface area contributed by atoms with Crippen molar-refractivity contribution < 1.29 is 18.3 Å². The molecule has 1 unspecified atom stereocenters. The first-order valence-electron chi connectivity index (χ1n) is 2.99. The summed E-state index contributed by atoms with van der Waals surface area (Å²) in [6, 6.07) is 0. The van der Waals surface area contributed by atoms with Gasteiger partial charge in [-0.2, -0.15) is 8.78 Å². The second-order valence-electron chi connectivity index (χ2n) is 1.97. The van der Waals surface area contributed by atoms with E-state index in [1.54, 1.807) is 0 Å². The van der Waals surface area contributed by atoms with Crippen LogP contribution < -0.4 is 0 Å². The Morgan fingerprint density at radius 1 is 1.33 bits per heavy atom. The minimum absolute atomic E-state index is 0.0481. The molecule has 12 heavy (non-hydrogen) atoms. The SMILES string of the molecule is OC(Cl)C(=S)CCC(F)=C(F)F. The molecule has 1 N–H and O–H groups in total. The molecule has 0 saturated carbocycles. The lowest BCUT2D eigenvalue weighted by Gasteiger charge is -2.02. The summed E-state index contributed by atoms with van der Waals surface area (Å²) in [5.74, 6) is -1.52. The van der Waals surface area contributed by atoms with Crippen molar-refractivity contribution in [2.75, 3.05) is 0 Å². The first kappa shape index (κ1) is 11.9. The van der Waals surface area contributed by atoms with Crippen LogP contribution >= 0.6 is 23.8 Å². The summed E-state index contributed by atoms with van der Waals surface area (Å²) < 4.78 is 35.0. The van der Waals surface area contributed by atoms with Crippen LogP contribution in [-0.2, 0) is 0 Å². The number of rotatable bonds is 4. The number of aliphatic hydroxyl groups is 1. The van der Waals surface area contributed by atoms with Crippen molar-refractivity contribution in [3.63, 3.8) is 0 Å². The van der Waals surface area contributed by atoms with E-state index >= 15 is 0 Å². The maximum atomic E-state index is 12.1. The Kier molecular flexibility index (Phi) is 5.44. The molecule has 0 heterocycles. The van der Waals surface area contributed by atoms with Gasteiger partial charge in [-0.1, -0.05) is 23.8 Å². The van der Waals surface area contributed by atoms with Crippen LogP contribution in [0.3, 0.4) is 0 Å². The number of alkyl halides is 1. The number of halogens is 4. The van der Waals surface area contributed by atoms with Crippen LogP contribution in [0.5, 0.6) is 0 Å². The maximum Gasteiger partial charge on any atom is 0.301 e. The standard InChI is InChI=1S/C6H6ClF3OS/c7-5(11)4(12)2-1-3(8)6(9)10/h5,11H,1-2H2. The molecule has 70 valence electrons. The second kappa shape index (κ2) is 5.50. The normalized spacial score (nSPS) is 12.4. The molecule has 0 bridgehead atoms. The largest absolute Gasteiger partial charge is 0.373 e. The third-order valence-electron chi connectivity index (χ3n) is 1.06. The third-order valence-corrected chi connectivity index (χ3v) is 1.88. The molecule has 0 aromatic heterocycles. The molecule has 0 amide bonds. The summed E-state index contributed by atoms with van der Waals surface area (Å²) >= 11 is 9.55. The van der Waals surface area contributed by atoms with E-state index in [0.29, 0.717) is 0 Å². The van der Waals surface area contributed by atoms with Gasteiger partial charge in [0, 0.05) is 11.3 Å². The molecule has 0 fully saturated rings. The summed E-state index contributed by atoms with van der Waals surface area (Å²) in [7, 11) is 0. The third kappa shape index (κ3) is 4.69. The van der Waals surface area contributed by atoms with Gasteiger partial charge in [0.05, 0.1) is 0 Å². The van der Waals surface area contributed by atoms with Gasteiger partial charge in [-0.3, -0.25) is 0 Å². The van der Waals surface area contributed by atoms with E-state index in [1.165, 1.54) is 0 Å². The molecule has 1 nitrogen and oxygen atoms in total. The zero-order valence-electron chi connectivity index (χ0n) is 5.86. The van der Waals surface area contributed by atoms with Crippen LogP contribution in [-0.4, -0.2) is 15.5 Å². The molecule has 0 aromatic rings. The first-order valence-corrected chi connectivity index (χ1v) is 3.84. The first-order chi connectivity index (χ1) is 5.45. The van der Waals surface area contributed by atoms with Crippen molar-refractivity contribution >= 4 is 28.7 Å². The van der Waals surface area contributed by atoms with E-state index in [1.807, 2.05) is 0 Å². The Labute approximate surface area is 77.8 Å². The van der Waals surface area contributed by atoms with E-state index in [4.69, 9.17) is 16.7 Å². The Hall–Kier alpha value is -0.130. The molecule has 0 aliphatic carbocycles. The number of hydrogen-bond donors (Lipinski definition) is 1. The summed E-state index contributed by atoms with van der Waals surface area (Å²) in [6.07, 6.45) is -3.05. The van der Waals surface area contributed by atoms with Crippen LogP contribution in [0.4, 0.5) is 13.2 Å². The molecule has 0 aromatic carbocycles. The van der Waals surface area contributed by atoms with Gasteiger partial charge in [-0.05, 0) is 6.42 Å². The lowest BCUT2D eigenvalue weighted by Crippen LogP contribution is -2.10. The molecular weight excluding hydrogens is 213 g/mol. The van der Waals surface area contributed by atoms with E-state index in [2.05, 4.69) is 12.2 Å². The van der Waals surface area contributed by atoms with Gasteiger partial charge in [0.15, 0.2) is 11.4 Å². The predicted octanol–water partition coefficient (Wildman–Crippen LogP) is 2.77. The highest BCUT2D eigenvalue weighted by atomic mass is 35.5. The van der Waals surface area contributed by atoms with Crippen molar-refractivity contribution in [1.29, 1.82) is 0 Å². The molecule has 0 rings (SSSR count). The summed E-state index contributed by atoms with van der Waals surface area (Å²) in [6.45, 7) is 0. The molecule has 0 aliphatic heterocycles. The van der Waals surface area contributed by atoms with Gasteiger partial charge < -0.3 is 5.11 Å². The van der Waals surface area contributed by atoms with Crippen molar-refractivity contribution in [2.45, 2.75) is 18.4 Å². The quantitative estimate of drug-likeness (QED) is 0.578. The molecule has 0 spiro atoms. The minimum atomic E-state index is -2.36. The average molecular weight is 219 g/mol. The Balaban J connectivity index is 3.85. The number of allylic oxidation sites excluding steroid dienone is 1. The second-order valence-corrected chi connectivity index (χ2v) is 2.91. The van der Waals surface area contributed by atoms with Crippen molar-refractivity contribution in [2.24, 2.45) is 0 Å². The highest BCUT2D eigenvalue weighted by Crippen LogP contribution is 2.16. The van der Waals surface area contributed by atoms with Gasteiger partial charge in [0.2, 0.25) is 0 Å². The predicted molar refractivity (Wildman–Crippen MR) is 44.0 cm³/mol. The van der Waals surface area contributed by atoms with E-state index in [-0.39, 0.29) is 11.3 Å². The fourth-order valence-electron chi connectivity index (χ4n) is 0.447. The van der Waals surface area contributed by atoms with Gasteiger partial charge in [-0.25, -0.2) is 4.39 Å². The fraction of sp³-hybridized carbons (Fsp3) is 0.500. The van der Waals surface area contributed by atoms with Gasteiger partial charge in [-0.15, -0.1) is 0 Å². The Bertz CT molecular complexity index is 201. The topological polar surface area (TPSA) is 20.2 Å². The van der Waals surface area contributed by atoms with Gasteiger partial charge in [0.25, 0.3) is 0 Å². The molecule has 0 aliphatic rings. The van der Waals surface area contributed by atoms with E-state index in [9.17, 15) is 13.2 Å². The van der Waals surface area contributed by atoms with Crippen LogP contribution in [0.1, 0.15) is 12.8 Å². The van der Waals surface area contributed by atoms with Crippen LogP contribution in [0.15, 0.2) is 11.9 Å². The van der Waals surface area contributed by atoms with Crippen LogP contribution in [0.25, 0.3) is 0 Å². The lowest BCUT2D eigenvalue weighted by molar-refractivity contribution is 0.318. The summed E-state index contributed by atoms with van der Waals surface area (Å²) in [5.41, 5.74) is -1.38. The van der Waals surface area contributed by atoms with Crippen LogP contribution in [0.2, 0.25) is 0 Å². The highest BCUT2D eigenvalue weighted by molar-refractivity contribution is 7.80.